The van der Waals surface area contributed by atoms with Gasteiger partial charge in [0.05, 0.1) is 5.69 Å². The van der Waals surface area contributed by atoms with Crippen molar-refractivity contribution in [2.24, 2.45) is 5.73 Å². The molecule has 2 amide bonds. The number of amides is 2. The summed E-state index contributed by atoms with van der Waals surface area (Å²) in [5, 5.41) is 2.65. The molecule has 0 spiro atoms. The number of rotatable bonds is 5. The van der Waals surface area contributed by atoms with Gasteiger partial charge in [0.15, 0.2) is 6.61 Å². The van der Waals surface area contributed by atoms with Gasteiger partial charge < -0.3 is 15.8 Å². The van der Waals surface area contributed by atoms with Gasteiger partial charge in [-0.15, -0.1) is 0 Å². The second-order valence-corrected chi connectivity index (χ2v) is 6.07. The van der Waals surface area contributed by atoms with Gasteiger partial charge in [-0.05, 0) is 48.4 Å². The summed E-state index contributed by atoms with van der Waals surface area (Å²) in [4.78, 5) is 26.0. The Kier molecular flexibility index (Phi) is 5.18. The zero-order valence-corrected chi connectivity index (χ0v) is 14.4. The van der Waals surface area contributed by atoms with Gasteiger partial charge in [-0.25, -0.2) is 4.39 Å². The maximum Gasteiger partial charge on any atom is 0.265 e. The number of carbonyl (C=O) groups excluding carboxylic acids is 2. The van der Waals surface area contributed by atoms with Crippen molar-refractivity contribution in [3.8, 4) is 5.75 Å². The molecule has 2 aromatic rings. The van der Waals surface area contributed by atoms with Crippen LogP contribution in [0.25, 0.3) is 0 Å². The predicted octanol–water partition coefficient (Wildman–Crippen LogP) is 2.60. The van der Waals surface area contributed by atoms with E-state index in [1.807, 2.05) is 13.0 Å². The average molecular weight is 357 g/mol. The average Bonchev–Trinajstić information content (AvgIpc) is 2.65. The van der Waals surface area contributed by atoms with Crippen LogP contribution in [-0.4, -0.2) is 25.0 Å². The summed E-state index contributed by atoms with van der Waals surface area (Å²) >= 11 is 0. The van der Waals surface area contributed by atoms with E-state index in [9.17, 15) is 14.0 Å². The van der Waals surface area contributed by atoms with Crippen LogP contribution in [0.4, 0.5) is 15.8 Å². The van der Waals surface area contributed by atoms with E-state index in [0.717, 1.165) is 12.0 Å². The SMILES string of the molecule is CCC(N)c1ccc2c(c1)N(CC(=O)Nc1ccc(F)cc1)C(=O)CO2. The maximum atomic E-state index is 13.0. The predicted molar refractivity (Wildman–Crippen MR) is 96.5 cm³/mol. The number of ether oxygens (including phenoxy) is 1. The Morgan fingerprint density at radius 1 is 1.31 bits per heavy atom. The first-order valence-electron chi connectivity index (χ1n) is 8.36. The fourth-order valence-electron chi connectivity index (χ4n) is 2.74. The fourth-order valence-corrected chi connectivity index (χ4v) is 2.74. The van der Waals surface area contributed by atoms with Crippen LogP contribution in [0.3, 0.4) is 0 Å². The first kappa shape index (κ1) is 17.9. The van der Waals surface area contributed by atoms with Gasteiger partial charge in [-0.1, -0.05) is 13.0 Å². The summed E-state index contributed by atoms with van der Waals surface area (Å²) in [5.74, 6) is -0.553. The molecule has 26 heavy (non-hydrogen) atoms. The molecular formula is C19H20FN3O3. The second-order valence-electron chi connectivity index (χ2n) is 6.07. The number of benzene rings is 2. The van der Waals surface area contributed by atoms with Crippen LogP contribution in [0.5, 0.6) is 5.75 Å². The number of hydrogen-bond donors (Lipinski definition) is 2. The molecule has 1 aliphatic rings. The first-order chi connectivity index (χ1) is 12.5. The molecule has 1 aliphatic heterocycles. The second kappa shape index (κ2) is 7.53. The van der Waals surface area contributed by atoms with Gasteiger partial charge in [0.1, 0.15) is 18.1 Å². The number of nitrogens with one attached hydrogen (secondary N) is 1. The summed E-state index contributed by atoms with van der Waals surface area (Å²) in [6.45, 7) is 1.67. The Bertz CT molecular complexity index is 823. The summed E-state index contributed by atoms with van der Waals surface area (Å²) in [6.07, 6.45) is 0.749. The molecule has 2 aromatic carbocycles. The molecule has 0 bridgehead atoms. The minimum absolute atomic E-state index is 0.129. The highest BCUT2D eigenvalue weighted by atomic mass is 19.1. The van der Waals surface area contributed by atoms with E-state index in [2.05, 4.69) is 5.32 Å². The lowest BCUT2D eigenvalue weighted by atomic mass is 10.0. The van der Waals surface area contributed by atoms with Crippen molar-refractivity contribution in [3.63, 3.8) is 0 Å². The number of nitrogens with zero attached hydrogens (tertiary/aromatic N) is 1. The first-order valence-corrected chi connectivity index (χ1v) is 8.36. The molecule has 0 fully saturated rings. The lowest BCUT2D eigenvalue weighted by Crippen LogP contribution is -2.43. The van der Waals surface area contributed by atoms with Crippen LogP contribution in [0.1, 0.15) is 24.9 Å². The normalized spacial score (nSPS) is 14.4. The molecule has 7 heteroatoms. The molecule has 0 saturated carbocycles. The molecule has 136 valence electrons. The molecule has 3 N–H and O–H groups in total. The number of nitrogens with two attached hydrogens (primary N) is 1. The van der Waals surface area contributed by atoms with Crippen molar-refractivity contribution in [3.05, 3.63) is 53.8 Å². The Morgan fingerprint density at radius 2 is 2.04 bits per heavy atom. The molecule has 1 unspecified atom stereocenters. The third-order valence-electron chi connectivity index (χ3n) is 4.22. The third-order valence-corrected chi connectivity index (χ3v) is 4.22. The van der Waals surface area contributed by atoms with E-state index in [4.69, 9.17) is 10.5 Å². The van der Waals surface area contributed by atoms with Crippen molar-refractivity contribution in [1.29, 1.82) is 0 Å². The highest BCUT2D eigenvalue weighted by molar-refractivity contribution is 6.05. The van der Waals surface area contributed by atoms with Crippen molar-refractivity contribution < 1.29 is 18.7 Å². The minimum Gasteiger partial charge on any atom is -0.482 e. The van der Waals surface area contributed by atoms with Gasteiger partial charge in [0.25, 0.3) is 5.91 Å². The molecule has 3 rings (SSSR count). The quantitative estimate of drug-likeness (QED) is 0.861. The Labute approximate surface area is 150 Å². The lowest BCUT2D eigenvalue weighted by Gasteiger charge is -2.29. The van der Waals surface area contributed by atoms with Crippen LogP contribution < -0.4 is 20.7 Å². The van der Waals surface area contributed by atoms with Crippen LogP contribution >= 0.6 is 0 Å². The smallest absolute Gasteiger partial charge is 0.265 e. The molecule has 0 aromatic heterocycles. The third kappa shape index (κ3) is 3.83. The summed E-state index contributed by atoms with van der Waals surface area (Å²) in [5.41, 5.74) is 7.92. The highest BCUT2D eigenvalue weighted by Gasteiger charge is 2.28. The summed E-state index contributed by atoms with van der Waals surface area (Å²) in [7, 11) is 0. The van der Waals surface area contributed by atoms with Gasteiger partial charge in [-0.2, -0.15) is 0 Å². The number of carbonyl (C=O) groups is 2. The molecule has 0 radical (unpaired) electrons. The van der Waals surface area contributed by atoms with E-state index in [1.165, 1.54) is 29.2 Å². The van der Waals surface area contributed by atoms with Crippen LogP contribution in [0.15, 0.2) is 42.5 Å². The number of anilines is 2. The van der Waals surface area contributed by atoms with Gasteiger partial charge in [0, 0.05) is 11.7 Å². The van der Waals surface area contributed by atoms with Gasteiger partial charge in [-0.3, -0.25) is 14.5 Å². The Hall–Kier alpha value is -2.93. The molecular weight excluding hydrogens is 337 g/mol. The molecule has 1 heterocycles. The molecule has 6 nitrogen and oxygen atoms in total. The Balaban J connectivity index is 1.80. The lowest BCUT2D eigenvalue weighted by molar-refractivity contribution is -0.123. The molecule has 0 aliphatic carbocycles. The summed E-state index contributed by atoms with van der Waals surface area (Å²) in [6, 6.07) is 10.7. The van der Waals surface area contributed by atoms with E-state index in [1.54, 1.807) is 12.1 Å². The largest absolute Gasteiger partial charge is 0.482 e. The standard InChI is InChI=1S/C19H20FN3O3/c1-2-15(21)12-3-8-17-16(9-12)23(19(25)11-26-17)10-18(24)22-14-6-4-13(20)5-7-14/h3-9,15H,2,10-11,21H2,1H3,(H,22,24). The van der Waals surface area contributed by atoms with Crippen molar-refractivity contribution >= 4 is 23.2 Å². The topological polar surface area (TPSA) is 84.7 Å². The zero-order chi connectivity index (χ0) is 18.7. The van der Waals surface area contributed by atoms with Crippen LogP contribution in [-0.2, 0) is 9.59 Å². The zero-order valence-electron chi connectivity index (χ0n) is 14.4. The van der Waals surface area contributed by atoms with Crippen molar-refractivity contribution in [2.75, 3.05) is 23.4 Å². The van der Waals surface area contributed by atoms with Crippen molar-refractivity contribution in [2.45, 2.75) is 19.4 Å². The number of hydrogen-bond acceptors (Lipinski definition) is 4. The molecule has 0 saturated heterocycles. The van der Waals surface area contributed by atoms with Gasteiger partial charge in [0.2, 0.25) is 5.91 Å². The molecule has 1 atom stereocenters. The highest BCUT2D eigenvalue weighted by Crippen LogP contribution is 2.34. The summed E-state index contributed by atoms with van der Waals surface area (Å²) < 4.78 is 18.4. The maximum absolute atomic E-state index is 13.0. The van der Waals surface area contributed by atoms with Gasteiger partial charge >= 0.3 is 0 Å². The fraction of sp³-hybridized carbons (Fsp3) is 0.263. The minimum atomic E-state index is -0.389. The van der Waals surface area contributed by atoms with E-state index in [-0.39, 0.29) is 36.8 Å². The van der Waals surface area contributed by atoms with Crippen LogP contribution in [0, 0.1) is 5.82 Å². The number of halogens is 1. The van der Waals surface area contributed by atoms with Crippen LogP contribution in [0.2, 0.25) is 0 Å². The van der Waals surface area contributed by atoms with E-state index in [0.29, 0.717) is 17.1 Å². The van der Waals surface area contributed by atoms with E-state index < -0.39 is 0 Å². The van der Waals surface area contributed by atoms with Crippen molar-refractivity contribution in [1.82, 2.24) is 0 Å². The van der Waals surface area contributed by atoms with E-state index >= 15 is 0 Å². The number of fused-ring (bicyclic) bond motifs is 1. The monoisotopic (exact) mass is 357 g/mol. The Morgan fingerprint density at radius 3 is 2.73 bits per heavy atom.